The summed E-state index contributed by atoms with van der Waals surface area (Å²) in [4.78, 5) is 18.3. The van der Waals surface area contributed by atoms with E-state index in [0.717, 1.165) is 0 Å². The molecule has 6 heteroatoms. The average molecular weight is 302 g/mol. The molecule has 0 bridgehead atoms. The Hall–Kier alpha value is -2.63. The Morgan fingerprint density at radius 2 is 2.23 bits per heavy atom. The number of anilines is 1. The van der Waals surface area contributed by atoms with Gasteiger partial charge in [-0.05, 0) is 31.2 Å². The molecule has 5 nitrogen and oxygen atoms in total. The topological polar surface area (TPSA) is 51.7 Å². The lowest BCUT2D eigenvalue weighted by atomic mass is 10.1. The summed E-state index contributed by atoms with van der Waals surface area (Å²) in [5.74, 6) is -0.697. The van der Waals surface area contributed by atoms with E-state index in [1.165, 1.54) is 24.1 Å². The van der Waals surface area contributed by atoms with Gasteiger partial charge in [-0.25, -0.2) is 9.37 Å². The van der Waals surface area contributed by atoms with Crippen LogP contribution in [0.5, 0.6) is 11.6 Å². The third-order valence-electron chi connectivity index (χ3n) is 3.45. The van der Waals surface area contributed by atoms with Gasteiger partial charge in [-0.3, -0.25) is 9.69 Å². The van der Waals surface area contributed by atoms with Gasteiger partial charge in [0, 0.05) is 6.20 Å². The highest BCUT2D eigenvalue weighted by molar-refractivity contribution is 6.07. The Balaban J connectivity index is 2.03. The summed E-state index contributed by atoms with van der Waals surface area (Å²) in [5.41, 5.74) is 0.496. The zero-order chi connectivity index (χ0) is 15.7. The van der Waals surface area contributed by atoms with Crippen LogP contribution in [0.25, 0.3) is 0 Å². The zero-order valence-corrected chi connectivity index (χ0v) is 12.2. The molecule has 2 aromatic rings. The molecule has 0 saturated carbocycles. The monoisotopic (exact) mass is 302 g/mol. The van der Waals surface area contributed by atoms with Gasteiger partial charge < -0.3 is 9.47 Å². The standard InChI is InChI=1S/C16H15FN2O3/c1-10-9-19(12-6-4-8-18-15(12)22-10)16(20)11-5-3-7-13(21-2)14(11)17/h3-8,10H,9H2,1-2H3. The smallest absolute Gasteiger partial charge is 0.261 e. The number of fused-ring (bicyclic) bond motifs is 1. The SMILES string of the molecule is COc1cccc(C(=O)N2CC(C)Oc3ncccc32)c1F. The summed E-state index contributed by atoms with van der Waals surface area (Å²) in [6, 6.07) is 7.94. The second-order valence-corrected chi connectivity index (χ2v) is 4.99. The molecule has 1 unspecified atom stereocenters. The van der Waals surface area contributed by atoms with Crippen molar-refractivity contribution in [2.24, 2.45) is 0 Å². The quantitative estimate of drug-likeness (QED) is 0.856. The van der Waals surface area contributed by atoms with E-state index in [1.807, 2.05) is 6.92 Å². The lowest BCUT2D eigenvalue weighted by molar-refractivity contribution is 0.0954. The number of aromatic nitrogens is 1. The van der Waals surface area contributed by atoms with Crippen molar-refractivity contribution in [2.45, 2.75) is 13.0 Å². The van der Waals surface area contributed by atoms with Crippen LogP contribution in [0.4, 0.5) is 10.1 Å². The highest BCUT2D eigenvalue weighted by atomic mass is 19.1. The maximum atomic E-state index is 14.3. The molecule has 2 heterocycles. The predicted octanol–water partition coefficient (Wildman–Crippen LogP) is 2.66. The van der Waals surface area contributed by atoms with Crippen molar-refractivity contribution < 1.29 is 18.7 Å². The molecule has 0 radical (unpaired) electrons. The van der Waals surface area contributed by atoms with Crippen LogP contribution in [0, 0.1) is 5.82 Å². The van der Waals surface area contributed by atoms with Gasteiger partial charge in [0.15, 0.2) is 11.6 Å². The molecule has 1 aliphatic rings. The fraction of sp³-hybridized carbons (Fsp3) is 0.250. The minimum atomic E-state index is -0.667. The van der Waals surface area contributed by atoms with Gasteiger partial charge >= 0.3 is 0 Å². The highest BCUT2D eigenvalue weighted by Crippen LogP contribution is 2.32. The summed E-state index contributed by atoms with van der Waals surface area (Å²) < 4.78 is 24.9. The highest BCUT2D eigenvalue weighted by Gasteiger charge is 2.30. The maximum absolute atomic E-state index is 14.3. The van der Waals surface area contributed by atoms with E-state index in [2.05, 4.69) is 4.98 Å². The third-order valence-corrected chi connectivity index (χ3v) is 3.45. The molecule has 0 saturated heterocycles. The largest absolute Gasteiger partial charge is 0.494 e. The van der Waals surface area contributed by atoms with E-state index in [0.29, 0.717) is 18.1 Å². The molecular formula is C16H15FN2O3. The fourth-order valence-corrected chi connectivity index (χ4v) is 2.43. The van der Waals surface area contributed by atoms with Crippen LogP contribution in [-0.4, -0.2) is 30.6 Å². The number of methoxy groups -OCH3 is 1. The molecule has 1 atom stereocenters. The van der Waals surface area contributed by atoms with E-state index < -0.39 is 11.7 Å². The van der Waals surface area contributed by atoms with Gasteiger partial charge in [-0.1, -0.05) is 6.07 Å². The summed E-state index contributed by atoms with van der Waals surface area (Å²) in [6.07, 6.45) is 1.37. The molecule has 1 aliphatic heterocycles. The number of halogens is 1. The molecule has 0 N–H and O–H groups in total. The third kappa shape index (κ3) is 2.36. The van der Waals surface area contributed by atoms with E-state index in [1.54, 1.807) is 24.4 Å². The number of carbonyl (C=O) groups excluding carboxylic acids is 1. The van der Waals surface area contributed by atoms with E-state index in [9.17, 15) is 9.18 Å². The van der Waals surface area contributed by atoms with Crippen molar-refractivity contribution in [3.05, 3.63) is 47.9 Å². The first kappa shape index (κ1) is 14.3. The minimum Gasteiger partial charge on any atom is -0.494 e. The lowest BCUT2D eigenvalue weighted by Crippen LogP contribution is -2.42. The number of hydrogen-bond donors (Lipinski definition) is 0. The number of benzene rings is 1. The summed E-state index contributed by atoms with van der Waals surface area (Å²) in [6.45, 7) is 2.16. The van der Waals surface area contributed by atoms with Crippen molar-refractivity contribution in [1.29, 1.82) is 0 Å². The molecule has 1 amide bonds. The second-order valence-electron chi connectivity index (χ2n) is 4.99. The number of amides is 1. The zero-order valence-electron chi connectivity index (χ0n) is 12.2. The van der Waals surface area contributed by atoms with Crippen LogP contribution in [-0.2, 0) is 0 Å². The summed E-state index contributed by atoms with van der Waals surface area (Å²) >= 11 is 0. The Morgan fingerprint density at radius 3 is 3.00 bits per heavy atom. The molecule has 0 fully saturated rings. The molecule has 0 aliphatic carbocycles. The van der Waals surface area contributed by atoms with E-state index in [-0.39, 0.29) is 17.4 Å². The number of ether oxygens (including phenoxy) is 2. The molecular weight excluding hydrogens is 287 g/mol. The van der Waals surface area contributed by atoms with Gasteiger partial charge in [-0.15, -0.1) is 0 Å². The van der Waals surface area contributed by atoms with E-state index >= 15 is 0 Å². The molecule has 114 valence electrons. The van der Waals surface area contributed by atoms with Crippen LogP contribution >= 0.6 is 0 Å². The van der Waals surface area contributed by atoms with Gasteiger partial charge in [0.25, 0.3) is 5.91 Å². The van der Waals surface area contributed by atoms with Crippen LogP contribution < -0.4 is 14.4 Å². The molecule has 1 aromatic carbocycles. The minimum absolute atomic E-state index is 0.0387. The van der Waals surface area contributed by atoms with Crippen molar-refractivity contribution in [2.75, 3.05) is 18.6 Å². The fourth-order valence-electron chi connectivity index (χ4n) is 2.43. The molecule has 22 heavy (non-hydrogen) atoms. The van der Waals surface area contributed by atoms with Crippen LogP contribution in [0.1, 0.15) is 17.3 Å². The van der Waals surface area contributed by atoms with Gasteiger partial charge in [0.05, 0.1) is 19.2 Å². The molecule has 1 aromatic heterocycles. The molecule has 0 spiro atoms. The van der Waals surface area contributed by atoms with Crippen molar-refractivity contribution in [1.82, 2.24) is 4.98 Å². The molecule has 3 rings (SSSR count). The predicted molar refractivity (Wildman–Crippen MR) is 79.0 cm³/mol. The first-order valence-electron chi connectivity index (χ1n) is 6.88. The number of hydrogen-bond acceptors (Lipinski definition) is 4. The van der Waals surface area contributed by atoms with Gasteiger partial charge in [-0.2, -0.15) is 0 Å². The van der Waals surface area contributed by atoms with Crippen LogP contribution in [0.2, 0.25) is 0 Å². The average Bonchev–Trinajstić information content (AvgIpc) is 2.53. The Labute approximate surface area is 127 Å². The Bertz CT molecular complexity index is 720. The summed E-state index contributed by atoms with van der Waals surface area (Å²) in [5, 5.41) is 0. The van der Waals surface area contributed by atoms with Crippen molar-refractivity contribution >= 4 is 11.6 Å². The number of carbonyl (C=O) groups is 1. The normalized spacial score (nSPS) is 16.7. The number of rotatable bonds is 2. The number of nitrogens with zero attached hydrogens (tertiary/aromatic N) is 2. The van der Waals surface area contributed by atoms with Crippen molar-refractivity contribution in [3.63, 3.8) is 0 Å². The number of pyridine rings is 1. The van der Waals surface area contributed by atoms with Crippen LogP contribution in [0.3, 0.4) is 0 Å². The van der Waals surface area contributed by atoms with Crippen LogP contribution in [0.15, 0.2) is 36.5 Å². The Morgan fingerprint density at radius 1 is 1.41 bits per heavy atom. The first-order chi connectivity index (χ1) is 10.6. The first-order valence-corrected chi connectivity index (χ1v) is 6.88. The van der Waals surface area contributed by atoms with Crippen molar-refractivity contribution in [3.8, 4) is 11.6 Å². The lowest BCUT2D eigenvalue weighted by Gasteiger charge is -2.32. The van der Waals surface area contributed by atoms with Gasteiger partial charge in [0.1, 0.15) is 11.8 Å². The maximum Gasteiger partial charge on any atom is 0.261 e. The summed E-state index contributed by atoms with van der Waals surface area (Å²) in [7, 11) is 1.36. The van der Waals surface area contributed by atoms with Gasteiger partial charge in [0.2, 0.25) is 5.88 Å². The second kappa shape index (κ2) is 5.63. The van der Waals surface area contributed by atoms with E-state index in [4.69, 9.17) is 9.47 Å². The Kier molecular flexibility index (Phi) is 3.66.